The molecule has 4 aromatic rings. The molecule has 0 N–H and O–H groups in total. The van der Waals surface area contributed by atoms with Gasteiger partial charge in [-0.15, -0.1) is 0 Å². The van der Waals surface area contributed by atoms with E-state index in [-0.39, 0.29) is 6.04 Å². The van der Waals surface area contributed by atoms with E-state index >= 15 is 0 Å². The Kier molecular flexibility index (Phi) is 4.89. The van der Waals surface area contributed by atoms with Crippen LogP contribution in [0.25, 0.3) is 11.0 Å². The fraction of sp³-hybridized carbons (Fsp3) is 0.208. The van der Waals surface area contributed by atoms with E-state index in [0.29, 0.717) is 18.0 Å². The summed E-state index contributed by atoms with van der Waals surface area (Å²) >= 11 is 0. The Labute approximate surface area is 176 Å². The van der Waals surface area contributed by atoms with Crippen molar-refractivity contribution < 1.29 is 8.42 Å². The highest BCUT2D eigenvalue weighted by Crippen LogP contribution is 2.37. The summed E-state index contributed by atoms with van der Waals surface area (Å²) in [5.41, 5.74) is 3.09. The van der Waals surface area contributed by atoms with Crippen molar-refractivity contribution in [2.75, 3.05) is 6.54 Å². The fourth-order valence-corrected chi connectivity index (χ4v) is 5.97. The second kappa shape index (κ2) is 7.70. The van der Waals surface area contributed by atoms with Gasteiger partial charge in [0.05, 0.1) is 22.0 Å². The minimum Gasteiger partial charge on any atom is -0.322 e. The van der Waals surface area contributed by atoms with Crippen LogP contribution in [0, 0.1) is 0 Å². The number of fused-ring (bicyclic) bond motifs is 1. The van der Waals surface area contributed by atoms with Crippen molar-refractivity contribution in [2.24, 2.45) is 0 Å². The summed E-state index contributed by atoms with van der Waals surface area (Å²) in [7, 11) is -3.58. The monoisotopic (exact) mass is 417 g/mol. The Bertz CT molecular complexity index is 1270. The molecule has 5 rings (SSSR count). The zero-order chi connectivity index (χ0) is 20.6. The van der Waals surface area contributed by atoms with Crippen LogP contribution in [0.1, 0.15) is 30.3 Å². The number of sulfonamides is 1. The number of hydrogen-bond acceptors (Lipinski definition) is 3. The van der Waals surface area contributed by atoms with Crippen molar-refractivity contribution in [3.63, 3.8) is 0 Å². The number of aromatic nitrogens is 2. The van der Waals surface area contributed by atoms with Crippen LogP contribution in [0.3, 0.4) is 0 Å². The maximum Gasteiger partial charge on any atom is 0.243 e. The molecule has 2 heterocycles. The molecule has 5 nitrogen and oxygen atoms in total. The predicted octanol–water partition coefficient (Wildman–Crippen LogP) is 4.61. The number of nitrogens with zero attached hydrogens (tertiary/aromatic N) is 3. The van der Waals surface area contributed by atoms with E-state index in [4.69, 9.17) is 4.98 Å². The lowest BCUT2D eigenvalue weighted by molar-refractivity contribution is 0.376. The predicted molar refractivity (Wildman–Crippen MR) is 118 cm³/mol. The first-order chi connectivity index (χ1) is 14.6. The van der Waals surface area contributed by atoms with Crippen molar-refractivity contribution in [1.82, 2.24) is 13.9 Å². The second-order valence-electron chi connectivity index (χ2n) is 7.62. The molecule has 0 amide bonds. The largest absolute Gasteiger partial charge is 0.322 e. The topological polar surface area (TPSA) is 55.2 Å². The van der Waals surface area contributed by atoms with E-state index in [1.54, 1.807) is 28.6 Å². The van der Waals surface area contributed by atoms with Crippen LogP contribution < -0.4 is 0 Å². The number of hydrogen-bond donors (Lipinski definition) is 0. The molecule has 30 heavy (non-hydrogen) atoms. The minimum absolute atomic E-state index is 0.272. The van der Waals surface area contributed by atoms with Crippen LogP contribution in [0.5, 0.6) is 0 Å². The van der Waals surface area contributed by atoms with Gasteiger partial charge >= 0.3 is 0 Å². The van der Waals surface area contributed by atoms with Gasteiger partial charge < -0.3 is 4.57 Å². The van der Waals surface area contributed by atoms with Crippen LogP contribution in [0.15, 0.2) is 89.8 Å². The van der Waals surface area contributed by atoms with E-state index in [0.717, 1.165) is 35.3 Å². The molecular formula is C24H23N3O2S. The van der Waals surface area contributed by atoms with Gasteiger partial charge in [0.15, 0.2) is 0 Å². The molecule has 1 unspecified atom stereocenters. The molecule has 1 aliphatic rings. The van der Waals surface area contributed by atoms with Gasteiger partial charge in [0.25, 0.3) is 0 Å². The zero-order valence-corrected chi connectivity index (χ0v) is 17.4. The van der Waals surface area contributed by atoms with E-state index < -0.39 is 10.0 Å². The van der Waals surface area contributed by atoms with Gasteiger partial charge in [0, 0.05) is 13.1 Å². The van der Waals surface area contributed by atoms with Gasteiger partial charge in [-0.25, -0.2) is 13.4 Å². The standard InChI is InChI=1S/C24H23N3O2S/c28-30(29,20-12-5-2-6-13-20)27-17-9-16-23(27)24-25-21-14-7-8-15-22(21)26(24)18-19-10-3-1-4-11-19/h1-8,10-15,23H,9,16-18H2. The molecule has 0 aliphatic carbocycles. The molecule has 1 aromatic heterocycles. The van der Waals surface area contributed by atoms with E-state index in [9.17, 15) is 8.42 Å². The molecule has 1 fully saturated rings. The second-order valence-corrected chi connectivity index (χ2v) is 9.51. The summed E-state index contributed by atoms with van der Waals surface area (Å²) in [6.07, 6.45) is 1.59. The molecular weight excluding hydrogens is 394 g/mol. The van der Waals surface area contributed by atoms with Crippen molar-refractivity contribution >= 4 is 21.1 Å². The van der Waals surface area contributed by atoms with Gasteiger partial charge in [-0.1, -0.05) is 60.7 Å². The maximum atomic E-state index is 13.4. The van der Waals surface area contributed by atoms with Crippen molar-refractivity contribution in [2.45, 2.75) is 30.3 Å². The minimum atomic E-state index is -3.58. The highest BCUT2D eigenvalue weighted by atomic mass is 32.2. The summed E-state index contributed by atoms with van der Waals surface area (Å²) in [6, 6.07) is 26.7. The summed E-state index contributed by atoms with van der Waals surface area (Å²) in [5, 5.41) is 0. The maximum absolute atomic E-state index is 13.4. The number of benzene rings is 3. The molecule has 0 spiro atoms. The Morgan fingerprint density at radius 3 is 2.30 bits per heavy atom. The summed E-state index contributed by atoms with van der Waals surface area (Å²) in [4.78, 5) is 5.24. The molecule has 3 aromatic carbocycles. The lowest BCUT2D eigenvalue weighted by atomic mass is 10.2. The van der Waals surface area contributed by atoms with Gasteiger partial charge in [0.1, 0.15) is 5.82 Å². The van der Waals surface area contributed by atoms with Crippen molar-refractivity contribution in [1.29, 1.82) is 0 Å². The lowest BCUT2D eigenvalue weighted by Crippen LogP contribution is -2.32. The molecule has 6 heteroatoms. The van der Waals surface area contributed by atoms with Gasteiger partial charge in [-0.3, -0.25) is 0 Å². The number of para-hydroxylation sites is 2. The Morgan fingerprint density at radius 2 is 1.53 bits per heavy atom. The van der Waals surface area contributed by atoms with Gasteiger partial charge in [-0.2, -0.15) is 4.31 Å². The smallest absolute Gasteiger partial charge is 0.243 e. The average molecular weight is 418 g/mol. The average Bonchev–Trinajstić information content (AvgIpc) is 3.41. The van der Waals surface area contributed by atoms with E-state index in [1.807, 2.05) is 42.5 Å². The number of imidazole rings is 1. The van der Waals surface area contributed by atoms with E-state index in [1.165, 1.54) is 0 Å². The van der Waals surface area contributed by atoms with Gasteiger partial charge in [0.2, 0.25) is 10.0 Å². The van der Waals surface area contributed by atoms with Crippen molar-refractivity contribution in [3.05, 3.63) is 96.3 Å². The molecule has 1 saturated heterocycles. The third-order valence-electron chi connectivity index (χ3n) is 5.72. The molecule has 152 valence electrons. The van der Waals surface area contributed by atoms with Crippen LogP contribution in [-0.4, -0.2) is 28.8 Å². The molecule has 0 radical (unpaired) electrons. The van der Waals surface area contributed by atoms with Crippen LogP contribution in [-0.2, 0) is 16.6 Å². The third-order valence-corrected chi connectivity index (χ3v) is 7.64. The first kappa shape index (κ1) is 19.0. The molecule has 0 bridgehead atoms. The lowest BCUT2D eigenvalue weighted by Gasteiger charge is -2.24. The summed E-state index contributed by atoms with van der Waals surface area (Å²) in [5.74, 6) is 0.817. The first-order valence-corrected chi connectivity index (χ1v) is 11.6. The normalized spacial score (nSPS) is 17.5. The third kappa shape index (κ3) is 3.32. The summed E-state index contributed by atoms with van der Waals surface area (Å²) in [6.45, 7) is 1.17. The van der Waals surface area contributed by atoms with E-state index in [2.05, 4.69) is 22.8 Å². The quantitative estimate of drug-likeness (QED) is 0.476. The SMILES string of the molecule is O=S(=O)(c1ccccc1)N1CCCC1c1nc2ccccc2n1Cc1ccccc1. The fourth-order valence-electron chi connectivity index (χ4n) is 4.29. The van der Waals surface area contributed by atoms with Crippen LogP contribution in [0.2, 0.25) is 0 Å². The molecule has 1 atom stereocenters. The highest BCUT2D eigenvalue weighted by Gasteiger charge is 2.38. The number of rotatable bonds is 5. The van der Waals surface area contributed by atoms with Crippen molar-refractivity contribution in [3.8, 4) is 0 Å². The highest BCUT2D eigenvalue weighted by molar-refractivity contribution is 7.89. The summed E-state index contributed by atoms with van der Waals surface area (Å²) < 4.78 is 30.6. The Balaban J connectivity index is 1.61. The zero-order valence-electron chi connectivity index (χ0n) is 16.6. The van der Waals surface area contributed by atoms with Gasteiger partial charge in [-0.05, 0) is 42.7 Å². The Hall–Kier alpha value is -2.96. The van der Waals surface area contributed by atoms with Crippen LogP contribution in [0.4, 0.5) is 0 Å². The molecule has 0 saturated carbocycles. The Morgan fingerprint density at radius 1 is 0.867 bits per heavy atom. The first-order valence-electron chi connectivity index (χ1n) is 10.2. The molecule has 1 aliphatic heterocycles. The van der Waals surface area contributed by atoms with Crippen LogP contribution >= 0.6 is 0 Å².